The topological polar surface area (TPSA) is 0 Å². The average molecular weight is 193 g/mol. The number of hydrogen-bond donors (Lipinski definition) is 0. The van der Waals surface area contributed by atoms with Crippen molar-refractivity contribution in [1.82, 2.24) is 0 Å². The number of halogens is 3. The van der Waals surface area contributed by atoms with Crippen molar-refractivity contribution in [1.29, 1.82) is 0 Å². The van der Waals surface area contributed by atoms with Gasteiger partial charge in [0.05, 0.1) is 10.0 Å². The lowest BCUT2D eigenvalue weighted by molar-refractivity contribution is 0.617. The second-order valence-corrected chi connectivity index (χ2v) is 3.18. The lowest BCUT2D eigenvalue weighted by atomic mass is 10.1. The first-order valence-electron chi connectivity index (χ1n) is 3.14. The van der Waals surface area contributed by atoms with Gasteiger partial charge in [-0.3, -0.25) is 0 Å². The van der Waals surface area contributed by atoms with E-state index in [1.165, 1.54) is 6.07 Å². The van der Waals surface area contributed by atoms with E-state index in [2.05, 4.69) is 0 Å². The van der Waals surface area contributed by atoms with Crippen molar-refractivity contribution in [2.45, 2.75) is 13.8 Å². The molecule has 0 aliphatic heterocycles. The predicted octanol–water partition coefficient (Wildman–Crippen LogP) is 3.75. The first-order chi connectivity index (χ1) is 5.04. The molecule has 1 aromatic rings. The molecule has 0 nitrogen and oxygen atoms in total. The van der Waals surface area contributed by atoms with Crippen molar-refractivity contribution < 1.29 is 4.39 Å². The largest absolute Gasteiger partial charge is 0.207 e. The van der Waals surface area contributed by atoms with Gasteiger partial charge in [-0.15, -0.1) is 0 Å². The van der Waals surface area contributed by atoms with Gasteiger partial charge in [0.1, 0.15) is 5.82 Å². The maximum absolute atomic E-state index is 12.9. The van der Waals surface area contributed by atoms with Gasteiger partial charge in [0.25, 0.3) is 0 Å². The molecular weight excluding hydrogens is 186 g/mol. The van der Waals surface area contributed by atoms with Crippen LogP contribution in [0.1, 0.15) is 11.1 Å². The quantitative estimate of drug-likeness (QED) is 0.550. The zero-order valence-electron chi connectivity index (χ0n) is 6.21. The number of benzene rings is 1. The molecule has 0 unspecified atom stereocenters. The molecule has 0 radical (unpaired) electrons. The Balaban J connectivity index is 3.46. The lowest BCUT2D eigenvalue weighted by Crippen LogP contribution is -1.87. The maximum Gasteiger partial charge on any atom is 0.127 e. The molecule has 0 atom stereocenters. The molecule has 0 N–H and O–H groups in total. The van der Waals surface area contributed by atoms with Gasteiger partial charge in [0.2, 0.25) is 0 Å². The van der Waals surface area contributed by atoms with Crippen LogP contribution < -0.4 is 0 Å². The van der Waals surface area contributed by atoms with E-state index in [9.17, 15) is 4.39 Å². The van der Waals surface area contributed by atoms with Gasteiger partial charge in [0, 0.05) is 5.56 Å². The van der Waals surface area contributed by atoms with E-state index < -0.39 is 0 Å². The van der Waals surface area contributed by atoms with Crippen molar-refractivity contribution in [3.05, 3.63) is 33.1 Å². The van der Waals surface area contributed by atoms with Gasteiger partial charge in [-0.25, -0.2) is 4.39 Å². The molecule has 0 saturated heterocycles. The van der Waals surface area contributed by atoms with Crippen LogP contribution in [0.15, 0.2) is 6.07 Å². The van der Waals surface area contributed by atoms with Crippen molar-refractivity contribution >= 4 is 23.2 Å². The third-order valence-electron chi connectivity index (χ3n) is 1.57. The molecule has 0 saturated carbocycles. The maximum atomic E-state index is 12.9. The molecule has 3 heteroatoms. The van der Waals surface area contributed by atoms with Crippen LogP contribution in [0.5, 0.6) is 0 Å². The molecule has 0 aliphatic carbocycles. The summed E-state index contributed by atoms with van der Waals surface area (Å²) in [5, 5.41) is 0.745. The molecule has 0 spiro atoms. The second-order valence-electron chi connectivity index (χ2n) is 2.43. The zero-order valence-corrected chi connectivity index (χ0v) is 7.72. The number of hydrogen-bond acceptors (Lipinski definition) is 0. The van der Waals surface area contributed by atoms with E-state index in [0.717, 1.165) is 0 Å². The Morgan fingerprint density at radius 3 is 2.27 bits per heavy atom. The van der Waals surface area contributed by atoms with E-state index in [0.29, 0.717) is 21.2 Å². The molecule has 1 rings (SSSR count). The molecule has 11 heavy (non-hydrogen) atoms. The Labute approximate surface area is 74.9 Å². The summed E-state index contributed by atoms with van der Waals surface area (Å²) in [6.07, 6.45) is 0. The van der Waals surface area contributed by atoms with E-state index in [4.69, 9.17) is 23.2 Å². The molecule has 0 amide bonds. The highest BCUT2D eigenvalue weighted by Crippen LogP contribution is 2.30. The molecule has 0 fully saturated rings. The van der Waals surface area contributed by atoms with Crippen LogP contribution >= 0.6 is 23.2 Å². The minimum atomic E-state index is -0.308. The fourth-order valence-corrected chi connectivity index (χ4v) is 1.24. The molecule has 0 aromatic heterocycles. The van der Waals surface area contributed by atoms with Crippen LogP contribution in [0.4, 0.5) is 4.39 Å². The van der Waals surface area contributed by atoms with Crippen LogP contribution in [0, 0.1) is 19.7 Å². The van der Waals surface area contributed by atoms with E-state index in [1.807, 2.05) is 0 Å². The lowest BCUT2D eigenvalue weighted by Gasteiger charge is -2.04. The van der Waals surface area contributed by atoms with E-state index in [-0.39, 0.29) is 5.82 Å². The van der Waals surface area contributed by atoms with Gasteiger partial charge in [-0.2, -0.15) is 0 Å². The van der Waals surface area contributed by atoms with Crippen LogP contribution in [-0.4, -0.2) is 0 Å². The van der Waals surface area contributed by atoms with E-state index >= 15 is 0 Å². The molecule has 0 aliphatic rings. The Morgan fingerprint density at radius 2 is 1.73 bits per heavy atom. The van der Waals surface area contributed by atoms with Crippen molar-refractivity contribution in [3.63, 3.8) is 0 Å². The van der Waals surface area contributed by atoms with Gasteiger partial charge in [-0.05, 0) is 25.5 Å². The first kappa shape index (κ1) is 8.82. The summed E-state index contributed by atoms with van der Waals surface area (Å²) >= 11 is 11.5. The van der Waals surface area contributed by atoms with Crippen molar-refractivity contribution in [2.24, 2.45) is 0 Å². The highest BCUT2D eigenvalue weighted by molar-refractivity contribution is 6.42. The number of aryl methyl sites for hydroxylation is 1. The monoisotopic (exact) mass is 192 g/mol. The van der Waals surface area contributed by atoms with E-state index in [1.54, 1.807) is 13.8 Å². The summed E-state index contributed by atoms with van der Waals surface area (Å²) < 4.78 is 12.9. The second kappa shape index (κ2) is 3.00. The molecule has 1 aromatic carbocycles. The average Bonchev–Trinajstić information content (AvgIpc) is 1.97. The first-order valence-corrected chi connectivity index (χ1v) is 3.90. The highest BCUT2D eigenvalue weighted by atomic mass is 35.5. The van der Waals surface area contributed by atoms with Gasteiger partial charge in [-0.1, -0.05) is 23.2 Å². The summed E-state index contributed by atoms with van der Waals surface area (Å²) in [6.45, 7) is 3.32. The summed E-state index contributed by atoms with van der Waals surface area (Å²) in [4.78, 5) is 0. The molecular formula is C8H7Cl2F. The normalized spacial score (nSPS) is 10.3. The summed E-state index contributed by atoms with van der Waals surface area (Å²) in [6, 6.07) is 1.38. The summed E-state index contributed by atoms with van der Waals surface area (Å²) in [5.41, 5.74) is 1.07. The standard InChI is InChI=1S/C8H7Cl2F/c1-4-3-6(11)5(2)8(10)7(4)9/h3H,1-2H3. The molecule has 60 valence electrons. The fourth-order valence-electron chi connectivity index (χ4n) is 0.804. The molecule has 0 bridgehead atoms. The summed E-state index contributed by atoms with van der Waals surface area (Å²) in [5.74, 6) is -0.308. The summed E-state index contributed by atoms with van der Waals surface area (Å²) in [7, 11) is 0. The van der Waals surface area contributed by atoms with Gasteiger partial charge < -0.3 is 0 Å². The van der Waals surface area contributed by atoms with Gasteiger partial charge >= 0.3 is 0 Å². The SMILES string of the molecule is Cc1cc(F)c(C)c(Cl)c1Cl. The predicted molar refractivity (Wildman–Crippen MR) is 45.9 cm³/mol. The van der Waals surface area contributed by atoms with Crippen LogP contribution in [-0.2, 0) is 0 Å². The van der Waals surface area contributed by atoms with Crippen molar-refractivity contribution in [3.8, 4) is 0 Å². The third-order valence-corrected chi connectivity index (χ3v) is 2.63. The van der Waals surface area contributed by atoms with Crippen LogP contribution in [0.25, 0.3) is 0 Å². The Morgan fingerprint density at radius 1 is 1.18 bits per heavy atom. The Bertz CT molecular complexity index is 268. The Hall–Kier alpha value is -0.270. The third kappa shape index (κ3) is 1.49. The minimum absolute atomic E-state index is 0.308. The smallest absolute Gasteiger partial charge is 0.127 e. The zero-order chi connectivity index (χ0) is 8.59. The van der Waals surface area contributed by atoms with Gasteiger partial charge in [0.15, 0.2) is 0 Å². The minimum Gasteiger partial charge on any atom is -0.207 e. The molecule has 0 heterocycles. The number of rotatable bonds is 0. The highest BCUT2D eigenvalue weighted by Gasteiger charge is 2.08. The van der Waals surface area contributed by atoms with Crippen molar-refractivity contribution in [2.75, 3.05) is 0 Å². The fraction of sp³-hybridized carbons (Fsp3) is 0.250. The van der Waals surface area contributed by atoms with Crippen LogP contribution in [0.3, 0.4) is 0 Å². The van der Waals surface area contributed by atoms with Crippen LogP contribution in [0.2, 0.25) is 10.0 Å². The Kier molecular flexibility index (Phi) is 2.40.